The summed E-state index contributed by atoms with van der Waals surface area (Å²) in [5.74, 6) is 0.682. The zero-order chi connectivity index (χ0) is 9.19. The van der Waals surface area contributed by atoms with E-state index in [9.17, 15) is 8.42 Å². The lowest BCUT2D eigenvalue weighted by Gasteiger charge is -2.00. The highest BCUT2D eigenvalue weighted by Crippen LogP contribution is 2.36. The third-order valence-corrected chi connectivity index (χ3v) is 3.21. The van der Waals surface area contributed by atoms with Gasteiger partial charge in [0, 0.05) is 6.54 Å². The number of rotatable bonds is 4. The maximum absolute atomic E-state index is 10.9. The van der Waals surface area contributed by atoms with Crippen molar-refractivity contribution in [1.29, 1.82) is 5.26 Å². The number of sulfonamides is 1. The van der Waals surface area contributed by atoms with Crippen LogP contribution < -0.4 is 4.72 Å². The smallest absolute Gasteiger partial charge is 0.214 e. The van der Waals surface area contributed by atoms with Crippen LogP contribution in [-0.4, -0.2) is 20.7 Å². The van der Waals surface area contributed by atoms with Crippen molar-refractivity contribution in [2.24, 2.45) is 11.8 Å². The third kappa shape index (κ3) is 2.80. The van der Waals surface area contributed by atoms with Crippen LogP contribution in [0.3, 0.4) is 0 Å². The van der Waals surface area contributed by atoms with Crippen LogP contribution in [0.25, 0.3) is 0 Å². The van der Waals surface area contributed by atoms with E-state index in [1.54, 1.807) is 6.07 Å². The van der Waals surface area contributed by atoms with Crippen molar-refractivity contribution in [3.8, 4) is 6.07 Å². The zero-order valence-electron chi connectivity index (χ0n) is 6.95. The molecule has 0 heterocycles. The van der Waals surface area contributed by atoms with Crippen molar-refractivity contribution in [2.45, 2.75) is 13.3 Å². The fourth-order valence-corrected chi connectivity index (χ4v) is 1.79. The van der Waals surface area contributed by atoms with Crippen LogP contribution in [0.4, 0.5) is 0 Å². The van der Waals surface area contributed by atoms with Crippen LogP contribution in [0.15, 0.2) is 0 Å². The molecule has 1 aliphatic rings. The van der Waals surface area contributed by atoms with E-state index in [4.69, 9.17) is 5.26 Å². The van der Waals surface area contributed by atoms with Gasteiger partial charge in [0.25, 0.3) is 0 Å². The minimum absolute atomic E-state index is 0.436. The molecule has 0 radical (unpaired) electrons. The van der Waals surface area contributed by atoms with Gasteiger partial charge in [-0.1, -0.05) is 6.92 Å². The first-order valence-corrected chi connectivity index (χ1v) is 5.54. The van der Waals surface area contributed by atoms with Gasteiger partial charge in [0.15, 0.2) is 5.75 Å². The minimum atomic E-state index is -3.32. The van der Waals surface area contributed by atoms with Gasteiger partial charge in [-0.25, -0.2) is 13.1 Å². The molecule has 12 heavy (non-hydrogen) atoms. The molecule has 0 saturated heterocycles. The van der Waals surface area contributed by atoms with Gasteiger partial charge in [0.1, 0.15) is 0 Å². The highest BCUT2D eigenvalue weighted by molar-refractivity contribution is 7.89. The van der Waals surface area contributed by atoms with E-state index in [0.29, 0.717) is 18.4 Å². The molecule has 2 unspecified atom stereocenters. The third-order valence-electron chi connectivity index (χ3n) is 2.10. The molecule has 0 aliphatic heterocycles. The maximum atomic E-state index is 10.9. The van der Waals surface area contributed by atoms with Gasteiger partial charge in [-0.2, -0.15) is 5.26 Å². The number of nitrogens with zero attached hydrogens (tertiary/aromatic N) is 1. The predicted molar refractivity (Wildman–Crippen MR) is 44.7 cm³/mol. The first-order chi connectivity index (χ1) is 5.55. The van der Waals surface area contributed by atoms with Crippen LogP contribution in [0.1, 0.15) is 13.3 Å². The molecule has 0 amide bonds. The van der Waals surface area contributed by atoms with Crippen molar-refractivity contribution in [2.75, 3.05) is 12.3 Å². The van der Waals surface area contributed by atoms with Crippen LogP contribution in [0.5, 0.6) is 0 Å². The van der Waals surface area contributed by atoms with Gasteiger partial charge >= 0.3 is 0 Å². The molecule has 4 nitrogen and oxygen atoms in total. The van der Waals surface area contributed by atoms with Gasteiger partial charge in [-0.3, -0.25) is 0 Å². The van der Waals surface area contributed by atoms with Crippen molar-refractivity contribution in [3.63, 3.8) is 0 Å². The second-order valence-corrected chi connectivity index (χ2v) is 5.05. The molecule has 5 heteroatoms. The largest absolute Gasteiger partial charge is 0.225 e. The topological polar surface area (TPSA) is 70.0 Å². The van der Waals surface area contributed by atoms with Gasteiger partial charge < -0.3 is 0 Å². The number of nitrogens with one attached hydrogen (secondary N) is 1. The quantitative estimate of drug-likeness (QED) is 0.679. The molecule has 1 saturated carbocycles. The Morgan fingerprint density at radius 2 is 2.25 bits per heavy atom. The van der Waals surface area contributed by atoms with Gasteiger partial charge in [0.2, 0.25) is 10.0 Å². The molecule has 0 aromatic carbocycles. The lowest BCUT2D eigenvalue weighted by molar-refractivity contribution is 0.578. The summed E-state index contributed by atoms with van der Waals surface area (Å²) in [6.45, 7) is 2.58. The molecule has 0 bridgehead atoms. The molecular weight excluding hydrogens is 176 g/mol. The first-order valence-electron chi connectivity index (χ1n) is 3.89. The Balaban J connectivity index is 2.27. The summed E-state index contributed by atoms with van der Waals surface area (Å²) in [5.41, 5.74) is 0. The minimum Gasteiger partial charge on any atom is -0.214 e. The molecule has 0 aromatic heterocycles. The summed E-state index contributed by atoms with van der Waals surface area (Å²) in [5, 5.41) is 8.17. The number of hydrogen-bond acceptors (Lipinski definition) is 3. The second-order valence-electron chi connectivity index (χ2n) is 3.24. The van der Waals surface area contributed by atoms with Gasteiger partial charge in [0.05, 0.1) is 6.07 Å². The Hall–Kier alpha value is -0.600. The van der Waals surface area contributed by atoms with Crippen LogP contribution >= 0.6 is 0 Å². The van der Waals surface area contributed by atoms with E-state index >= 15 is 0 Å². The molecular formula is C7H12N2O2S. The molecule has 1 aliphatic carbocycles. The van der Waals surface area contributed by atoms with Crippen LogP contribution in [0.2, 0.25) is 0 Å². The molecule has 0 aromatic rings. The summed E-state index contributed by atoms with van der Waals surface area (Å²) >= 11 is 0. The van der Waals surface area contributed by atoms with E-state index < -0.39 is 15.8 Å². The van der Waals surface area contributed by atoms with Crippen LogP contribution in [-0.2, 0) is 10.0 Å². The van der Waals surface area contributed by atoms with E-state index in [1.165, 1.54) is 0 Å². The summed E-state index contributed by atoms with van der Waals surface area (Å²) in [4.78, 5) is 0. The Bertz CT molecular complexity index is 291. The summed E-state index contributed by atoms with van der Waals surface area (Å²) in [6.07, 6.45) is 1.09. The van der Waals surface area contributed by atoms with Crippen molar-refractivity contribution < 1.29 is 8.42 Å². The van der Waals surface area contributed by atoms with E-state index in [-0.39, 0.29) is 0 Å². The van der Waals surface area contributed by atoms with Crippen molar-refractivity contribution in [1.82, 2.24) is 4.72 Å². The number of hydrogen-bond donors (Lipinski definition) is 1. The fourth-order valence-electron chi connectivity index (χ4n) is 1.05. The highest BCUT2D eigenvalue weighted by atomic mass is 32.2. The average molecular weight is 188 g/mol. The zero-order valence-corrected chi connectivity index (χ0v) is 7.76. The molecule has 1 rings (SSSR count). The standard InChI is InChI=1S/C7H12N2O2S/c1-6-4-7(6)5-9-12(10,11)3-2-8/h6-7,9H,3-5H2,1H3. The Morgan fingerprint density at radius 3 is 2.67 bits per heavy atom. The summed E-state index contributed by atoms with van der Waals surface area (Å²) < 4.78 is 24.3. The lowest BCUT2D eigenvalue weighted by Crippen LogP contribution is -2.28. The Morgan fingerprint density at radius 1 is 1.67 bits per heavy atom. The highest BCUT2D eigenvalue weighted by Gasteiger charge is 2.32. The Kier molecular flexibility index (Phi) is 2.70. The second kappa shape index (κ2) is 3.42. The van der Waals surface area contributed by atoms with Crippen LogP contribution in [0, 0.1) is 23.2 Å². The summed E-state index contributed by atoms with van der Waals surface area (Å²) in [6, 6.07) is 1.61. The molecule has 68 valence electrons. The lowest BCUT2D eigenvalue weighted by atomic mass is 10.3. The summed E-state index contributed by atoms with van der Waals surface area (Å²) in [7, 11) is -3.32. The van der Waals surface area contributed by atoms with E-state index in [0.717, 1.165) is 6.42 Å². The molecule has 2 atom stereocenters. The normalized spacial score (nSPS) is 28.0. The monoisotopic (exact) mass is 188 g/mol. The van der Waals surface area contributed by atoms with Gasteiger partial charge in [-0.15, -0.1) is 0 Å². The fraction of sp³-hybridized carbons (Fsp3) is 0.857. The molecule has 1 fully saturated rings. The predicted octanol–water partition coefficient (Wildman–Crippen LogP) is 0.0854. The van der Waals surface area contributed by atoms with E-state index in [2.05, 4.69) is 11.6 Å². The van der Waals surface area contributed by atoms with Crippen molar-refractivity contribution in [3.05, 3.63) is 0 Å². The first kappa shape index (κ1) is 9.49. The average Bonchev–Trinajstić information content (AvgIpc) is 2.63. The van der Waals surface area contributed by atoms with Crippen molar-refractivity contribution >= 4 is 10.0 Å². The molecule has 1 N–H and O–H groups in total. The Labute approximate surface area is 72.6 Å². The van der Waals surface area contributed by atoms with Gasteiger partial charge in [-0.05, 0) is 18.3 Å². The maximum Gasteiger partial charge on any atom is 0.225 e. The van der Waals surface area contributed by atoms with E-state index in [1.807, 2.05) is 0 Å². The number of nitriles is 1. The SMILES string of the molecule is CC1CC1CNS(=O)(=O)CC#N. The molecule has 0 spiro atoms.